The Kier molecular flexibility index (Phi) is 7.35. The molecule has 0 amide bonds. The fourth-order valence-electron chi connectivity index (χ4n) is 8.88. The van der Waals surface area contributed by atoms with E-state index in [1.165, 1.54) is 99.9 Å². The van der Waals surface area contributed by atoms with Crippen molar-refractivity contribution in [3.63, 3.8) is 0 Å². The zero-order chi connectivity index (χ0) is 28.6. The Bertz CT molecular complexity index is 1700. The van der Waals surface area contributed by atoms with Crippen LogP contribution < -0.4 is 15.8 Å². The molecule has 0 bridgehead atoms. The molecule has 6 aliphatic rings. The zero-order valence-electron chi connectivity index (χ0n) is 25.6. The van der Waals surface area contributed by atoms with Crippen molar-refractivity contribution < 1.29 is 0 Å². The van der Waals surface area contributed by atoms with Gasteiger partial charge in [-0.25, -0.2) is 0 Å². The van der Waals surface area contributed by atoms with Crippen LogP contribution >= 0.6 is 0 Å². The number of hydrogen-bond donors (Lipinski definition) is 2. The molecule has 8 rings (SSSR count). The van der Waals surface area contributed by atoms with Gasteiger partial charge < -0.3 is 10.3 Å². The number of nitrogens with one attached hydrogen (secondary N) is 2. The van der Waals surface area contributed by atoms with Gasteiger partial charge in [0.1, 0.15) is 0 Å². The van der Waals surface area contributed by atoms with Crippen LogP contribution in [0.15, 0.2) is 113 Å². The lowest BCUT2D eigenvalue weighted by Gasteiger charge is -2.31. The summed E-state index contributed by atoms with van der Waals surface area (Å²) in [5.41, 5.74) is 13.0. The van der Waals surface area contributed by atoms with Crippen LogP contribution in [0.1, 0.15) is 82.6 Å². The van der Waals surface area contributed by atoms with E-state index in [0.717, 1.165) is 12.3 Å². The van der Waals surface area contributed by atoms with Gasteiger partial charge in [-0.2, -0.15) is 0 Å². The summed E-state index contributed by atoms with van der Waals surface area (Å²) in [7, 11) is 0. The number of H-pyrrole nitrogens is 1. The number of hydrogen-bond acceptors (Lipinski definition) is 1. The van der Waals surface area contributed by atoms with E-state index in [-0.39, 0.29) is 0 Å². The molecule has 2 aromatic rings. The Morgan fingerprint density at radius 2 is 1.70 bits per heavy atom. The van der Waals surface area contributed by atoms with Gasteiger partial charge in [0.25, 0.3) is 0 Å². The molecule has 2 heterocycles. The number of aryl methyl sites for hydroxylation is 1. The van der Waals surface area contributed by atoms with Crippen LogP contribution in [-0.4, -0.2) is 17.1 Å². The van der Waals surface area contributed by atoms with Crippen molar-refractivity contribution >= 4 is 11.1 Å². The first-order valence-corrected chi connectivity index (χ1v) is 17.1. The monoisotopic (exact) mass is 566 g/mol. The van der Waals surface area contributed by atoms with Gasteiger partial charge in [-0.3, -0.25) is 0 Å². The summed E-state index contributed by atoms with van der Waals surface area (Å²) in [5, 5.41) is 6.84. The van der Waals surface area contributed by atoms with Crippen molar-refractivity contribution in [1.82, 2.24) is 10.3 Å². The average Bonchev–Trinajstić information content (AvgIpc) is 3.68. The minimum Gasteiger partial charge on any atom is -0.367 e. The Morgan fingerprint density at radius 3 is 2.49 bits per heavy atom. The van der Waals surface area contributed by atoms with Crippen LogP contribution in [0.2, 0.25) is 0 Å². The first-order valence-electron chi connectivity index (χ1n) is 17.1. The van der Waals surface area contributed by atoms with E-state index in [1.807, 2.05) is 6.20 Å². The molecule has 220 valence electrons. The van der Waals surface area contributed by atoms with Gasteiger partial charge in [0.15, 0.2) is 0 Å². The molecule has 0 spiro atoms. The van der Waals surface area contributed by atoms with E-state index >= 15 is 0 Å². The largest absolute Gasteiger partial charge is 0.367 e. The SMILES string of the molecule is C1=CC2=C(C3=CC=C(C4=c5ccccc5=C(C5CC=C(C6(CCCc7cc[nH]c7)CN6)CC5)CC4)CC3)C=CCC2CC1. The predicted octanol–water partition coefficient (Wildman–Crippen LogP) is 8.07. The van der Waals surface area contributed by atoms with E-state index < -0.39 is 0 Å². The van der Waals surface area contributed by atoms with Crippen LogP contribution in [0.25, 0.3) is 11.1 Å². The molecule has 1 aliphatic heterocycles. The van der Waals surface area contributed by atoms with Crippen LogP contribution in [0.3, 0.4) is 0 Å². The topological polar surface area (TPSA) is 37.7 Å². The number of aromatic nitrogens is 1. The zero-order valence-corrected chi connectivity index (χ0v) is 25.6. The average molecular weight is 567 g/mol. The molecule has 5 aliphatic carbocycles. The molecule has 1 aromatic carbocycles. The van der Waals surface area contributed by atoms with E-state index in [0.29, 0.717) is 11.5 Å². The minimum atomic E-state index is 0.301. The fraction of sp³-hybridized carbons (Fsp3) is 0.415. The minimum absolute atomic E-state index is 0.301. The Balaban J connectivity index is 1.03. The summed E-state index contributed by atoms with van der Waals surface area (Å²) in [6.07, 6.45) is 37.4. The summed E-state index contributed by atoms with van der Waals surface area (Å²) in [6.45, 7) is 1.17. The van der Waals surface area contributed by atoms with E-state index in [9.17, 15) is 0 Å². The van der Waals surface area contributed by atoms with Crippen LogP contribution in [0.4, 0.5) is 0 Å². The Hall–Kier alpha value is -3.36. The summed E-state index contributed by atoms with van der Waals surface area (Å²) in [5.74, 6) is 1.42. The van der Waals surface area contributed by atoms with Gasteiger partial charge in [0, 0.05) is 18.9 Å². The van der Waals surface area contributed by atoms with Crippen LogP contribution in [0.5, 0.6) is 0 Å². The molecule has 1 fully saturated rings. The molecular formula is C41H46N2. The summed E-state index contributed by atoms with van der Waals surface area (Å²) >= 11 is 0. The van der Waals surface area contributed by atoms with Gasteiger partial charge in [-0.1, -0.05) is 77.9 Å². The highest BCUT2D eigenvalue weighted by Gasteiger charge is 2.45. The summed E-state index contributed by atoms with van der Waals surface area (Å²) in [4.78, 5) is 3.20. The second-order valence-corrected chi connectivity index (χ2v) is 13.8. The fourth-order valence-corrected chi connectivity index (χ4v) is 8.88. The number of aromatic amines is 1. The maximum absolute atomic E-state index is 3.78. The number of fused-ring (bicyclic) bond motifs is 2. The van der Waals surface area contributed by atoms with Crippen molar-refractivity contribution in [2.75, 3.05) is 6.54 Å². The Morgan fingerprint density at radius 1 is 0.814 bits per heavy atom. The van der Waals surface area contributed by atoms with E-state index in [1.54, 1.807) is 38.7 Å². The van der Waals surface area contributed by atoms with Gasteiger partial charge in [0.05, 0.1) is 5.54 Å². The van der Waals surface area contributed by atoms with Crippen molar-refractivity contribution in [3.05, 3.63) is 129 Å². The van der Waals surface area contributed by atoms with E-state index in [4.69, 9.17) is 0 Å². The predicted molar refractivity (Wildman–Crippen MR) is 180 cm³/mol. The molecule has 1 saturated heterocycles. The third-order valence-electron chi connectivity index (χ3n) is 11.4. The van der Waals surface area contributed by atoms with Crippen LogP contribution in [0, 0.1) is 11.8 Å². The molecule has 3 unspecified atom stereocenters. The highest BCUT2D eigenvalue weighted by molar-refractivity contribution is 5.71. The van der Waals surface area contributed by atoms with Gasteiger partial charge >= 0.3 is 0 Å². The van der Waals surface area contributed by atoms with Crippen LogP contribution in [-0.2, 0) is 6.42 Å². The highest BCUT2D eigenvalue weighted by atomic mass is 15.2. The van der Waals surface area contributed by atoms with Crippen molar-refractivity contribution in [2.24, 2.45) is 11.8 Å². The van der Waals surface area contributed by atoms with Gasteiger partial charge in [-0.15, -0.1) is 0 Å². The molecule has 2 heteroatoms. The first kappa shape index (κ1) is 27.2. The Labute approximate surface area is 257 Å². The van der Waals surface area contributed by atoms with Gasteiger partial charge in [0.2, 0.25) is 0 Å². The van der Waals surface area contributed by atoms with Crippen molar-refractivity contribution in [2.45, 2.75) is 89.0 Å². The van der Waals surface area contributed by atoms with E-state index in [2.05, 4.69) is 89.4 Å². The molecule has 1 aromatic heterocycles. The number of benzene rings is 1. The third-order valence-corrected chi connectivity index (χ3v) is 11.4. The molecule has 3 atom stereocenters. The second kappa shape index (κ2) is 11.6. The second-order valence-electron chi connectivity index (χ2n) is 13.8. The molecule has 0 radical (unpaired) electrons. The molecular weight excluding hydrogens is 520 g/mol. The third kappa shape index (κ3) is 5.33. The summed E-state index contributed by atoms with van der Waals surface area (Å²) < 4.78 is 0. The van der Waals surface area contributed by atoms with Crippen molar-refractivity contribution in [3.8, 4) is 0 Å². The smallest absolute Gasteiger partial charge is 0.0521 e. The molecule has 2 N–H and O–H groups in total. The lowest BCUT2D eigenvalue weighted by atomic mass is 9.74. The number of allylic oxidation sites excluding steroid dienone is 11. The number of rotatable bonds is 8. The maximum atomic E-state index is 3.78. The molecule has 43 heavy (non-hydrogen) atoms. The quantitative estimate of drug-likeness (QED) is 0.246. The van der Waals surface area contributed by atoms with Crippen molar-refractivity contribution in [1.29, 1.82) is 0 Å². The lowest BCUT2D eigenvalue weighted by molar-refractivity contribution is 0.510. The normalized spacial score (nSPS) is 28.2. The first-order chi connectivity index (χ1) is 21.3. The lowest BCUT2D eigenvalue weighted by Crippen LogP contribution is -2.35. The summed E-state index contributed by atoms with van der Waals surface area (Å²) in [6, 6.07) is 11.6. The maximum Gasteiger partial charge on any atom is 0.0521 e. The standard InChI is InChI=1S/C41H46N2/c1-2-10-35-30(8-1)9-5-13-36(35)31-14-16-32(17-15-31)37-22-23-38(40-12-4-3-11-39(37)40)33-18-20-34(21-19-33)41(28-43-41)25-6-7-29-24-26-42-27-29/h2-5,10-14,16,20,24,26-27,30,33,42-43H,1,6-9,15,17-19,21-23,25,28H2. The van der Waals surface area contributed by atoms with Gasteiger partial charge in [-0.05, 0) is 145 Å². The molecule has 2 nitrogen and oxygen atoms in total. The molecule has 0 saturated carbocycles. The highest BCUT2D eigenvalue weighted by Crippen LogP contribution is 2.43.